The van der Waals surface area contributed by atoms with Gasteiger partial charge in [-0.05, 0) is 67.6 Å². The predicted molar refractivity (Wildman–Crippen MR) is 118 cm³/mol. The van der Waals surface area contributed by atoms with Crippen molar-refractivity contribution in [2.45, 2.75) is 32.7 Å². The summed E-state index contributed by atoms with van der Waals surface area (Å²) in [6.07, 6.45) is 3.01. The Morgan fingerprint density at radius 3 is 2.55 bits per heavy atom. The molecular weight excluding hydrogens is 388 g/mol. The van der Waals surface area contributed by atoms with Crippen LogP contribution in [0.15, 0.2) is 48.5 Å². The number of para-hydroxylation sites is 2. The van der Waals surface area contributed by atoms with Gasteiger partial charge in [-0.15, -0.1) is 12.4 Å². The highest BCUT2D eigenvalue weighted by Crippen LogP contribution is 2.30. The topological polar surface area (TPSA) is 59.6 Å². The summed E-state index contributed by atoms with van der Waals surface area (Å²) in [6.45, 7) is 4.85. The number of halogens is 1. The van der Waals surface area contributed by atoms with E-state index in [-0.39, 0.29) is 18.3 Å². The molecule has 2 atom stereocenters. The van der Waals surface area contributed by atoms with Crippen LogP contribution in [0.1, 0.15) is 31.7 Å². The minimum atomic E-state index is 0. The molecule has 1 amide bonds. The van der Waals surface area contributed by atoms with Gasteiger partial charge in [-0.3, -0.25) is 4.79 Å². The lowest BCUT2D eigenvalue weighted by Gasteiger charge is -2.28. The van der Waals surface area contributed by atoms with Crippen LogP contribution in [-0.2, 0) is 11.3 Å². The molecule has 0 aromatic heterocycles. The Balaban J connectivity index is 0.00000300. The fourth-order valence-electron chi connectivity index (χ4n) is 3.60. The summed E-state index contributed by atoms with van der Waals surface area (Å²) < 4.78 is 11.2. The molecule has 2 unspecified atom stereocenters. The maximum absolute atomic E-state index is 12.3. The molecule has 1 fully saturated rings. The number of amides is 1. The summed E-state index contributed by atoms with van der Waals surface area (Å²) in [5, 5.41) is 6.46. The lowest BCUT2D eigenvalue weighted by atomic mass is 9.85. The van der Waals surface area contributed by atoms with Gasteiger partial charge in [0.25, 0.3) is 0 Å². The van der Waals surface area contributed by atoms with E-state index in [2.05, 4.69) is 17.6 Å². The molecule has 2 N–H and O–H groups in total. The van der Waals surface area contributed by atoms with E-state index in [1.807, 2.05) is 48.5 Å². The minimum Gasteiger partial charge on any atom is -0.493 e. The maximum atomic E-state index is 12.3. The Hall–Kier alpha value is -2.24. The van der Waals surface area contributed by atoms with Gasteiger partial charge >= 0.3 is 0 Å². The van der Waals surface area contributed by atoms with E-state index in [0.29, 0.717) is 36.3 Å². The zero-order chi connectivity index (χ0) is 19.8. The van der Waals surface area contributed by atoms with Crippen LogP contribution < -0.4 is 20.1 Å². The highest BCUT2D eigenvalue weighted by Gasteiger charge is 2.21. The monoisotopic (exact) mass is 418 g/mol. The number of nitrogens with one attached hydrogen (secondary N) is 2. The Bertz CT molecular complexity index is 761. The average molecular weight is 419 g/mol. The number of carbonyl (C=O) groups excluding carboxylic acids is 1. The minimum absolute atomic E-state index is 0. The maximum Gasteiger partial charge on any atom is 0.220 e. The van der Waals surface area contributed by atoms with Gasteiger partial charge in [0.1, 0.15) is 5.75 Å². The predicted octanol–water partition coefficient (Wildman–Crippen LogP) is 4.55. The number of hydrogen-bond donors (Lipinski definition) is 2. The SMILES string of the molecule is COc1ccccc1Oc1ccc(CNC(=O)CC(C)C2CCCNC2)cc1.Cl. The van der Waals surface area contributed by atoms with Crippen molar-refractivity contribution < 1.29 is 14.3 Å². The van der Waals surface area contributed by atoms with Crippen molar-refractivity contribution in [2.24, 2.45) is 11.8 Å². The molecule has 2 aromatic rings. The zero-order valence-electron chi connectivity index (χ0n) is 17.1. The fourth-order valence-corrected chi connectivity index (χ4v) is 3.60. The summed E-state index contributed by atoms with van der Waals surface area (Å²) in [7, 11) is 1.62. The van der Waals surface area contributed by atoms with E-state index in [0.717, 1.165) is 24.4 Å². The second-order valence-electron chi connectivity index (χ2n) is 7.46. The van der Waals surface area contributed by atoms with Crippen LogP contribution in [0.3, 0.4) is 0 Å². The Morgan fingerprint density at radius 1 is 1.17 bits per heavy atom. The Morgan fingerprint density at radius 2 is 1.90 bits per heavy atom. The molecule has 2 aromatic carbocycles. The van der Waals surface area contributed by atoms with Crippen molar-refractivity contribution in [3.63, 3.8) is 0 Å². The second kappa shape index (κ2) is 11.7. The van der Waals surface area contributed by atoms with Gasteiger partial charge in [-0.1, -0.05) is 31.2 Å². The van der Waals surface area contributed by atoms with E-state index in [4.69, 9.17) is 9.47 Å². The Kier molecular flexibility index (Phi) is 9.29. The first kappa shape index (κ1) is 23.0. The van der Waals surface area contributed by atoms with Crippen LogP contribution in [0.4, 0.5) is 0 Å². The largest absolute Gasteiger partial charge is 0.493 e. The summed E-state index contributed by atoms with van der Waals surface area (Å²) in [4.78, 5) is 12.3. The van der Waals surface area contributed by atoms with Gasteiger partial charge in [-0.25, -0.2) is 0 Å². The van der Waals surface area contributed by atoms with Crippen molar-refractivity contribution in [1.29, 1.82) is 0 Å². The van der Waals surface area contributed by atoms with Crippen LogP contribution >= 0.6 is 12.4 Å². The van der Waals surface area contributed by atoms with E-state index in [1.54, 1.807) is 7.11 Å². The van der Waals surface area contributed by atoms with E-state index >= 15 is 0 Å². The van der Waals surface area contributed by atoms with Crippen molar-refractivity contribution in [3.8, 4) is 17.2 Å². The first-order chi connectivity index (χ1) is 13.7. The first-order valence-electron chi connectivity index (χ1n) is 10.0. The molecule has 3 rings (SSSR count). The van der Waals surface area contributed by atoms with Crippen molar-refractivity contribution in [1.82, 2.24) is 10.6 Å². The molecule has 1 heterocycles. The number of methoxy groups -OCH3 is 1. The first-order valence-corrected chi connectivity index (χ1v) is 10.0. The van der Waals surface area contributed by atoms with E-state index in [9.17, 15) is 4.79 Å². The zero-order valence-corrected chi connectivity index (χ0v) is 18.0. The average Bonchev–Trinajstić information content (AvgIpc) is 2.74. The van der Waals surface area contributed by atoms with Gasteiger partial charge in [0.2, 0.25) is 5.91 Å². The van der Waals surface area contributed by atoms with Crippen LogP contribution in [-0.4, -0.2) is 26.1 Å². The normalized spacial score (nSPS) is 17.0. The van der Waals surface area contributed by atoms with Crippen molar-refractivity contribution in [3.05, 3.63) is 54.1 Å². The number of ether oxygens (including phenoxy) is 2. The van der Waals surface area contributed by atoms with Crippen molar-refractivity contribution >= 4 is 18.3 Å². The molecule has 29 heavy (non-hydrogen) atoms. The molecule has 0 bridgehead atoms. The lowest BCUT2D eigenvalue weighted by molar-refractivity contribution is -0.122. The summed E-state index contributed by atoms with van der Waals surface area (Å²) in [5.74, 6) is 3.24. The molecule has 5 nitrogen and oxygen atoms in total. The standard InChI is InChI=1S/C23H30N2O3.ClH/c1-17(19-6-5-13-24-16-19)14-23(26)25-15-18-9-11-20(12-10-18)28-22-8-4-3-7-21(22)27-2;/h3-4,7-12,17,19,24H,5-6,13-16H2,1-2H3,(H,25,26);1H. The third-order valence-corrected chi connectivity index (χ3v) is 5.36. The molecule has 0 radical (unpaired) electrons. The van der Waals surface area contributed by atoms with E-state index < -0.39 is 0 Å². The summed E-state index contributed by atoms with van der Waals surface area (Å²) >= 11 is 0. The third-order valence-electron chi connectivity index (χ3n) is 5.36. The number of hydrogen-bond acceptors (Lipinski definition) is 4. The van der Waals surface area contributed by atoms with Crippen LogP contribution in [0.2, 0.25) is 0 Å². The third kappa shape index (κ3) is 6.94. The number of benzene rings is 2. The number of carbonyl (C=O) groups is 1. The van der Waals surface area contributed by atoms with Gasteiger partial charge in [0.05, 0.1) is 7.11 Å². The molecule has 6 heteroatoms. The number of rotatable bonds is 8. The van der Waals surface area contributed by atoms with Gasteiger partial charge < -0.3 is 20.1 Å². The number of piperidine rings is 1. The molecule has 1 aliphatic rings. The summed E-state index contributed by atoms with van der Waals surface area (Å²) in [6, 6.07) is 15.3. The van der Waals surface area contributed by atoms with Crippen molar-refractivity contribution in [2.75, 3.05) is 20.2 Å². The molecular formula is C23H31ClN2O3. The van der Waals surface area contributed by atoms with Gasteiger partial charge in [-0.2, -0.15) is 0 Å². The fraction of sp³-hybridized carbons (Fsp3) is 0.435. The highest BCUT2D eigenvalue weighted by molar-refractivity contribution is 5.85. The molecule has 0 spiro atoms. The van der Waals surface area contributed by atoms with Gasteiger partial charge in [0.15, 0.2) is 11.5 Å². The molecule has 0 aliphatic carbocycles. The van der Waals surface area contributed by atoms with Crippen LogP contribution in [0, 0.1) is 11.8 Å². The Labute approximate surface area is 179 Å². The second-order valence-corrected chi connectivity index (χ2v) is 7.46. The van der Waals surface area contributed by atoms with Crippen LogP contribution in [0.5, 0.6) is 17.2 Å². The quantitative estimate of drug-likeness (QED) is 0.660. The van der Waals surface area contributed by atoms with Crippen LogP contribution in [0.25, 0.3) is 0 Å². The summed E-state index contributed by atoms with van der Waals surface area (Å²) in [5.41, 5.74) is 1.05. The van der Waals surface area contributed by atoms with E-state index in [1.165, 1.54) is 12.8 Å². The smallest absolute Gasteiger partial charge is 0.220 e. The van der Waals surface area contributed by atoms with Gasteiger partial charge in [0, 0.05) is 13.0 Å². The highest BCUT2D eigenvalue weighted by atomic mass is 35.5. The lowest BCUT2D eigenvalue weighted by Crippen LogP contribution is -2.35. The molecule has 1 saturated heterocycles. The molecule has 158 valence electrons. The molecule has 0 saturated carbocycles. The molecule has 1 aliphatic heterocycles.